The second-order valence-electron chi connectivity index (χ2n) is 5.27. The van der Waals surface area contributed by atoms with Crippen LogP contribution in [-0.4, -0.2) is 18.8 Å². The molecule has 1 atom stereocenters. The Bertz CT molecular complexity index is 671. The molecule has 0 fully saturated rings. The summed E-state index contributed by atoms with van der Waals surface area (Å²) in [6.45, 7) is 0.123. The lowest BCUT2D eigenvalue weighted by molar-refractivity contribution is -0.137. The summed E-state index contributed by atoms with van der Waals surface area (Å²) in [5, 5.41) is 12.9. The third-order valence-electron chi connectivity index (χ3n) is 3.45. The van der Waals surface area contributed by atoms with Crippen molar-refractivity contribution >= 4 is 0 Å². The Balaban J connectivity index is 1.94. The second-order valence-corrected chi connectivity index (χ2v) is 5.27. The molecule has 24 heavy (non-hydrogen) atoms. The van der Waals surface area contributed by atoms with Gasteiger partial charge in [-0.1, -0.05) is 12.1 Å². The molecule has 0 amide bonds. The van der Waals surface area contributed by atoms with E-state index in [0.29, 0.717) is 17.4 Å². The summed E-state index contributed by atoms with van der Waals surface area (Å²) in [5.41, 5.74) is -0.238. The van der Waals surface area contributed by atoms with E-state index in [-0.39, 0.29) is 18.7 Å². The van der Waals surface area contributed by atoms with E-state index in [1.807, 2.05) is 0 Å². The fourth-order valence-corrected chi connectivity index (χ4v) is 2.21. The molecule has 2 aromatic rings. The molecule has 2 rings (SSSR count). The summed E-state index contributed by atoms with van der Waals surface area (Å²) in [6, 6.07) is 9.14. The zero-order valence-electron chi connectivity index (χ0n) is 12.9. The standard InChI is InChI=1S/C17H17F4NO2/c1-24-15-4-2-12(3-5-15)16(23)10-22-9-11-6-13(17(19,20)21)8-14(18)7-11/h2-8,16,22-23H,9-10H2,1H3. The van der Waals surface area contributed by atoms with Crippen LogP contribution in [0.25, 0.3) is 0 Å². The lowest BCUT2D eigenvalue weighted by atomic mass is 10.1. The first-order chi connectivity index (χ1) is 11.3. The van der Waals surface area contributed by atoms with E-state index in [0.717, 1.165) is 12.1 Å². The van der Waals surface area contributed by atoms with Gasteiger partial charge in [0.05, 0.1) is 18.8 Å². The lowest BCUT2D eigenvalue weighted by Gasteiger charge is -2.14. The van der Waals surface area contributed by atoms with Crippen LogP contribution in [0.15, 0.2) is 42.5 Å². The van der Waals surface area contributed by atoms with Crippen molar-refractivity contribution in [2.45, 2.75) is 18.8 Å². The molecule has 0 radical (unpaired) electrons. The third kappa shape index (κ3) is 4.94. The van der Waals surface area contributed by atoms with Crippen LogP contribution in [0.4, 0.5) is 17.6 Å². The Labute approximate surface area is 136 Å². The molecule has 0 spiro atoms. The average Bonchev–Trinajstić information content (AvgIpc) is 2.53. The number of aliphatic hydroxyl groups excluding tert-OH is 1. The normalized spacial score (nSPS) is 12.9. The molecule has 0 aliphatic rings. The number of halogens is 4. The minimum absolute atomic E-state index is 0.00799. The van der Waals surface area contributed by atoms with Gasteiger partial charge in [-0.05, 0) is 41.5 Å². The summed E-state index contributed by atoms with van der Waals surface area (Å²) in [6.07, 6.45) is -5.44. The van der Waals surface area contributed by atoms with E-state index in [9.17, 15) is 22.7 Å². The molecular formula is C17H17F4NO2. The average molecular weight is 343 g/mol. The fourth-order valence-electron chi connectivity index (χ4n) is 2.21. The molecule has 0 aliphatic heterocycles. The summed E-state index contributed by atoms with van der Waals surface area (Å²) >= 11 is 0. The zero-order chi connectivity index (χ0) is 17.7. The van der Waals surface area contributed by atoms with Gasteiger partial charge in [0.15, 0.2) is 0 Å². The Morgan fingerprint density at radius 3 is 2.38 bits per heavy atom. The summed E-state index contributed by atoms with van der Waals surface area (Å²) in [4.78, 5) is 0. The van der Waals surface area contributed by atoms with Crippen LogP contribution >= 0.6 is 0 Å². The van der Waals surface area contributed by atoms with Gasteiger partial charge in [0.2, 0.25) is 0 Å². The molecule has 0 saturated heterocycles. The van der Waals surface area contributed by atoms with Crippen molar-refractivity contribution in [1.29, 1.82) is 0 Å². The van der Waals surface area contributed by atoms with Gasteiger partial charge in [0.1, 0.15) is 11.6 Å². The van der Waals surface area contributed by atoms with E-state index in [2.05, 4.69) is 5.32 Å². The second kappa shape index (κ2) is 7.63. The Morgan fingerprint density at radius 2 is 1.79 bits per heavy atom. The number of ether oxygens (including phenoxy) is 1. The van der Waals surface area contributed by atoms with Gasteiger partial charge in [-0.15, -0.1) is 0 Å². The molecule has 130 valence electrons. The largest absolute Gasteiger partial charge is 0.497 e. The molecule has 7 heteroatoms. The first-order valence-electron chi connectivity index (χ1n) is 7.19. The van der Waals surface area contributed by atoms with Gasteiger partial charge in [0, 0.05) is 13.1 Å². The van der Waals surface area contributed by atoms with Crippen LogP contribution in [0.1, 0.15) is 22.8 Å². The number of hydrogen-bond donors (Lipinski definition) is 2. The predicted molar refractivity (Wildman–Crippen MR) is 81.1 cm³/mol. The summed E-state index contributed by atoms with van der Waals surface area (Å²) in [7, 11) is 1.53. The maximum absolute atomic E-state index is 13.3. The van der Waals surface area contributed by atoms with Crippen LogP contribution in [-0.2, 0) is 12.7 Å². The van der Waals surface area contributed by atoms with Gasteiger partial charge in [-0.3, -0.25) is 0 Å². The van der Waals surface area contributed by atoms with Gasteiger partial charge < -0.3 is 15.2 Å². The van der Waals surface area contributed by atoms with Crippen LogP contribution in [0.2, 0.25) is 0 Å². The number of nitrogens with one attached hydrogen (secondary N) is 1. The van der Waals surface area contributed by atoms with Gasteiger partial charge >= 0.3 is 6.18 Å². The van der Waals surface area contributed by atoms with E-state index < -0.39 is 23.7 Å². The molecule has 0 aromatic heterocycles. The molecule has 2 aromatic carbocycles. The van der Waals surface area contributed by atoms with E-state index >= 15 is 0 Å². The van der Waals surface area contributed by atoms with Crippen molar-refractivity contribution < 1.29 is 27.4 Å². The molecule has 2 N–H and O–H groups in total. The molecule has 0 heterocycles. The number of hydrogen-bond acceptors (Lipinski definition) is 3. The number of alkyl halides is 3. The van der Waals surface area contributed by atoms with Crippen molar-refractivity contribution in [2.75, 3.05) is 13.7 Å². The van der Waals surface area contributed by atoms with Crippen LogP contribution < -0.4 is 10.1 Å². The molecular weight excluding hydrogens is 326 g/mol. The van der Waals surface area contributed by atoms with Gasteiger partial charge in [0.25, 0.3) is 0 Å². The Kier molecular flexibility index (Phi) is 5.80. The van der Waals surface area contributed by atoms with E-state index in [1.165, 1.54) is 7.11 Å². The number of rotatable bonds is 6. The highest BCUT2D eigenvalue weighted by Crippen LogP contribution is 2.30. The SMILES string of the molecule is COc1ccc(C(O)CNCc2cc(F)cc(C(F)(F)F)c2)cc1. The van der Waals surface area contributed by atoms with E-state index in [1.54, 1.807) is 24.3 Å². The summed E-state index contributed by atoms with van der Waals surface area (Å²) in [5.74, 6) is -0.296. The number of benzene rings is 2. The first kappa shape index (κ1) is 18.2. The van der Waals surface area contributed by atoms with Crippen LogP contribution in [0.5, 0.6) is 5.75 Å². The highest BCUT2D eigenvalue weighted by atomic mass is 19.4. The lowest BCUT2D eigenvalue weighted by Crippen LogP contribution is -2.21. The number of aliphatic hydroxyl groups is 1. The van der Waals surface area contributed by atoms with Crippen molar-refractivity contribution in [2.24, 2.45) is 0 Å². The highest BCUT2D eigenvalue weighted by molar-refractivity contribution is 5.29. The van der Waals surface area contributed by atoms with Crippen molar-refractivity contribution in [3.8, 4) is 5.75 Å². The fraction of sp³-hybridized carbons (Fsp3) is 0.294. The maximum atomic E-state index is 13.3. The monoisotopic (exact) mass is 343 g/mol. The molecule has 0 aliphatic carbocycles. The molecule has 1 unspecified atom stereocenters. The summed E-state index contributed by atoms with van der Waals surface area (Å²) < 4.78 is 56.2. The topological polar surface area (TPSA) is 41.5 Å². The molecule has 0 bridgehead atoms. The van der Waals surface area contributed by atoms with Crippen LogP contribution in [0.3, 0.4) is 0 Å². The maximum Gasteiger partial charge on any atom is 0.416 e. The van der Waals surface area contributed by atoms with Gasteiger partial charge in [-0.25, -0.2) is 4.39 Å². The highest BCUT2D eigenvalue weighted by Gasteiger charge is 2.31. The smallest absolute Gasteiger partial charge is 0.416 e. The quantitative estimate of drug-likeness (QED) is 0.787. The molecule has 3 nitrogen and oxygen atoms in total. The van der Waals surface area contributed by atoms with Crippen LogP contribution in [0, 0.1) is 5.82 Å². The minimum Gasteiger partial charge on any atom is -0.497 e. The van der Waals surface area contributed by atoms with Gasteiger partial charge in [-0.2, -0.15) is 13.2 Å². The van der Waals surface area contributed by atoms with Crippen molar-refractivity contribution in [1.82, 2.24) is 5.32 Å². The zero-order valence-corrected chi connectivity index (χ0v) is 12.9. The predicted octanol–water partition coefficient (Wildman–Crippen LogP) is 3.68. The molecule has 0 saturated carbocycles. The third-order valence-corrected chi connectivity index (χ3v) is 3.45. The van der Waals surface area contributed by atoms with E-state index in [4.69, 9.17) is 4.74 Å². The first-order valence-corrected chi connectivity index (χ1v) is 7.19. The Hall–Kier alpha value is -2.12. The van der Waals surface area contributed by atoms with Crippen molar-refractivity contribution in [3.63, 3.8) is 0 Å². The number of methoxy groups -OCH3 is 1. The Morgan fingerprint density at radius 1 is 1.12 bits per heavy atom. The minimum atomic E-state index is -4.60. The van der Waals surface area contributed by atoms with Crippen molar-refractivity contribution in [3.05, 3.63) is 65.0 Å².